The third-order valence-corrected chi connectivity index (χ3v) is 3.74. The summed E-state index contributed by atoms with van der Waals surface area (Å²) in [5.41, 5.74) is 1.30. The Morgan fingerprint density at radius 2 is 2.00 bits per heavy atom. The Bertz CT molecular complexity index is 384. The Morgan fingerprint density at radius 1 is 1.31 bits per heavy atom. The maximum absolute atomic E-state index is 4.52. The van der Waals surface area contributed by atoms with Crippen molar-refractivity contribution >= 4 is 16.9 Å². The maximum Gasteiger partial charge on any atom is 0.157 e. The second-order valence-electron chi connectivity index (χ2n) is 4.76. The number of amidine groups is 1. The van der Waals surface area contributed by atoms with Gasteiger partial charge in [0.2, 0.25) is 0 Å². The van der Waals surface area contributed by atoms with Crippen LogP contribution in [0, 0.1) is 0 Å². The van der Waals surface area contributed by atoms with E-state index in [4.69, 9.17) is 0 Å². The second-order valence-corrected chi connectivity index (χ2v) is 6.46. The maximum atomic E-state index is 4.52. The molecule has 1 aliphatic rings. The van der Waals surface area contributed by atoms with Gasteiger partial charge in [-0.3, -0.25) is 4.99 Å². The zero-order valence-corrected chi connectivity index (χ0v) is 10.8. The van der Waals surface area contributed by atoms with Crippen molar-refractivity contribution in [3.63, 3.8) is 0 Å². The van der Waals surface area contributed by atoms with Gasteiger partial charge in [-0.15, -0.1) is 0 Å². The van der Waals surface area contributed by atoms with Crippen molar-refractivity contribution in [2.75, 3.05) is 6.54 Å². The number of hydrogen-bond acceptors (Lipinski definition) is 3. The van der Waals surface area contributed by atoms with Gasteiger partial charge in [-0.05, 0) is 26.3 Å². The third-order valence-electron chi connectivity index (χ3n) is 2.62. The van der Waals surface area contributed by atoms with Crippen LogP contribution in [0.4, 0.5) is 0 Å². The van der Waals surface area contributed by atoms with Crippen LogP contribution in [0.5, 0.6) is 0 Å². The van der Waals surface area contributed by atoms with Crippen molar-refractivity contribution < 1.29 is 0 Å². The van der Waals surface area contributed by atoms with Crippen LogP contribution < -0.4 is 5.32 Å². The van der Waals surface area contributed by atoms with Gasteiger partial charge in [0.25, 0.3) is 0 Å². The fourth-order valence-electron chi connectivity index (χ4n) is 1.67. The van der Waals surface area contributed by atoms with Crippen LogP contribution >= 0.6 is 11.8 Å². The average molecular weight is 234 g/mol. The molecule has 1 atom stereocenters. The van der Waals surface area contributed by atoms with Gasteiger partial charge in [0.15, 0.2) is 5.17 Å². The third kappa shape index (κ3) is 2.79. The molecular weight excluding hydrogens is 216 g/mol. The van der Waals surface area contributed by atoms with E-state index in [1.807, 2.05) is 17.8 Å². The number of rotatable bonds is 2. The molecule has 0 radical (unpaired) electrons. The Labute approximate surface area is 102 Å². The van der Waals surface area contributed by atoms with Crippen molar-refractivity contribution in [1.82, 2.24) is 5.32 Å². The van der Waals surface area contributed by atoms with Crippen LogP contribution in [0.2, 0.25) is 0 Å². The Kier molecular flexibility index (Phi) is 3.24. The SMILES string of the molecule is CC(NC1=NCC(C)(C)S1)c1ccccc1. The largest absolute Gasteiger partial charge is 0.358 e. The summed E-state index contributed by atoms with van der Waals surface area (Å²) >= 11 is 1.83. The van der Waals surface area contributed by atoms with E-state index < -0.39 is 0 Å². The van der Waals surface area contributed by atoms with Crippen LogP contribution in [0.15, 0.2) is 35.3 Å². The van der Waals surface area contributed by atoms with Gasteiger partial charge >= 0.3 is 0 Å². The molecule has 1 aromatic rings. The molecule has 0 fully saturated rings. The average Bonchev–Trinajstić information content (AvgIpc) is 2.59. The van der Waals surface area contributed by atoms with Crippen molar-refractivity contribution in [2.24, 2.45) is 4.99 Å². The first-order chi connectivity index (χ1) is 7.57. The first-order valence-electron chi connectivity index (χ1n) is 5.62. The summed E-state index contributed by atoms with van der Waals surface area (Å²) in [6, 6.07) is 10.8. The predicted octanol–water partition coefficient (Wildman–Crippen LogP) is 3.22. The molecule has 1 N–H and O–H groups in total. The molecule has 3 heteroatoms. The predicted molar refractivity (Wildman–Crippen MR) is 72.0 cm³/mol. The highest BCUT2D eigenvalue weighted by atomic mass is 32.2. The molecule has 0 amide bonds. The smallest absolute Gasteiger partial charge is 0.157 e. The van der Waals surface area contributed by atoms with E-state index in [1.165, 1.54) is 5.56 Å². The molecule has 1 heterocycles. The minimum absolute atomic E-state index is 0.249. The monoisotopic (exact) mass is 234 g/mol. The van der Waals surface area contributed by atoms with Crippen molar-refractivity contribution in [1.29, 1.82) is 0 Å². The number of aliphatic imine (C=N–C) groups is 1. The number of nitrogens with one attached hydrogen (secondary N) is 1. The molecular formula is C13H18N2S. The second kappa shape index (κ2) is 4.50. The van der Waals surface area contributed by atoms with Crippen LogP contribution in [-0.4, -0.2) is 16.5 Å². The van der Waals surface area contributed by atoms with Gasteiger partial charge in [-0.25, -0.2) is 0 Å². The molecule has 1 unspecified atom stereocenters. The zero-order chi connectivity index (χ0) is 11.6. The van der Waals surface area contributed by atoms with Crippen molar-refractivity contribution in [2.45, 2.75) is 31.6 Å². The molecule has 1 aliphatic heterocycles. The minimum Gasteiger partial charge on any atom is -0.358 e. The fraction of sp³-hybridized carbons (Fsp3) is 0.462. The van der Waals surface area contributed by atoms with E-state index in [9.17, 15) is 0 Å². The van der Waals surface area contributed by atoms with Gasteiger partial charge in [0.1, 0.15) is 0 Å². The normalized spacial score (nSPS) is 20.3. The summed E-state index contributed by atoms with van der Waals surface area (Å²) < 4.78 is 0.249. The summed E-state index contributed by atoms with van der Waals surface area (Å²) in [4.78, 5) is 4.52. The van der Waals surface area contributed by atoms with E-state index >= 15 is 0 Å². The van der Waals surface area contributed by atoms with Crippen LogP contribution in [0.1, 0.15) is 32.4 Å². The number of hydrogen-bond donors (Lipinski definition) is 1. The highest BCUT2D eigenvalue weighted by Crippen LogP contribution is 2.31. The lowest BCUT2D eigenvalue weighted by Gasteiger charge is -2.18. The van der Waals surface area contributed by atoms with E-state index in [0.29, 0.717) is 6.04 Å². The minimum atomic E-state index is 0.249. The van der Waals surface area contributed by atoms with Gasteiger partial charge in [-0.1, -0.05) is 42.1 Å². The van der Waals surface area contributed by atoms with Crippen LogP contribution in [-0.2, 0) is 0 Å². The molecule has 0 aliphatic carbocycles. The Hall–Kier alpha value is -0.960. The first-order valence-corrected chi connectivity index (χ1v) is 6.43. The van der Waals surface area contributed by atoms with E-state index in [2.05, 4.69) is 55.3 Å². The molecule has 86 valence electrons. The van der Waals surface area contributed by atoms with Gasteiger partial charge in [0, 0.05) is 4.75 Å². The molecule has 0 bridgehead atoms. The first kappa shape index (κ1) is 11.5. The van der Waals surface area contributed by atoms with E-state index in [1.54, 1.807) is 0 Å². The molecule has 0 saturated heterocycles. The van der Waals surface area contributed by atoms with Gasteiger partial charge in [0.05, 0.1) is 12.6 Å². The molecule has 0 saturated carbocycles. The van der Waals surface area contributed by atoms with Crippen LogP contribution in [0.25, 0.3) is 0 Å². The zero-order valence-electron chi connectivity index (χ0n) is 10.0. The summed E-state index contributed by atoms with van der Waals surface area (Å²) in [6.45, 7) is 7.53. The molecule has 2 nitrogen and oxygen atoms in total. The lowest BCUT2D eigenvalue weighted by Crippen LogP contribution is -2.24. The topological polar surface area (TPSA) is 24.4 Å². The van der Waals surface area contributed by atoms with Gasteiger partial charge < -0.3 is 5.32 Å². The van der Waals surface area contributed by atoms with Crippen LogP contribution in [0.3, 0.4) is 0 Å². The summed E-state index contributed by atoms with van der Waals surface area (Å²) in [6.07, 6.45) is 0. The van der Waals surface area contributed by atoms with Crippen molar-refractivity contribution in [3.05, 3.63) is 35.9 Å². The summed E-state index contributed by atoms with van der Waals surface area (Å²) in [5, 5.41) is 4.53. The fourth-order valence-corrected chi connectivity index (χ4v) is 2.69. The standard InChI is InChI=1S/C13H18N2S/c1-10(11-7-5-4-6-8-11)15-12-14-9-13(2,3)16-12/h4-8,10H,9H2,1-3H3,(H,14,15). The Balaban J connectivity index is 1.97. The van der Waals surface area contributed by atoms with E-state index in [-0.39, 0.29) is 4.75 Å². The summed E-state index contributed by atoms with van der Waals surface area (Å²) in [5.74, 6) is 0. The quantitative estimate of drug-likeness (QED) is 0.849. The number of benzene rings is 1. The van der Waals surface area contributed by atoms with Crippen molar-refractivity contribution in [3.8, 4) is 0 Å². The van der Waals surface area contributed by atoms with E-state index in [0.717, 1.165) is 11.7 Å². The molecule has 16 heavy (non-hydrogen) atoms. The highest BCUT2D eigenvalue weighted by Gasteiger charge is 2.27. The molecule has 2 rings (SSSR count). The summed E-state index contributed by atoms with van der Waals surface area (Å²) in [7, 11) is 0. The highest BCUT2D eigenvalue weighted by molar-refractivity contribution is 8.15. The Morgan fingerprint density at radius 3 is 2.56 bits per heavy atom. The number of thioether (sulfide) groups is 1. The molecule has 0 aromatic heterocycles. The lowest BCUT2D eigenvalue weighted by molar-refractivity contribution is 0.716. The lowest BCUT2D eigenvalue weighted by atomic mass is 10.1. The molecule has 0 spiro atoms. The molecule has 1 aromatic carbocycles. The van der Waals surface area contributed by atoms with Gasteiger partial charge in [-0.2, -0.15) is 0 Å². The number of nitrogens with zero attached hydrogens (tertiary/aromatic N) is 1.